The van der Waals surface area contributed by atoms with E-state index < -0.39 is 0 Å². The predicted molar refractivity (Wildman–Crippen MR) is 62.1 cm³/mol. The zero-order valence-corrected chi connectivity index (χ0v) is 9.46. The van der Waals surface area contributed by atoms with Gasteiger partial charge in [-0.15, -0.1) is 0 Å². The molecule has 0 heterocycles. The van der Waals surface area contributed by atoms with Crippen molar-refractivity contribution in [3.05, 3.63) is 29.6 Å². The van der Waals surface area contributed by atoms with E-state index in [0.29, 0.717) is 5.69 Å². The van der Waals surface area contributed by atoms with Crippen LogP contribution in [-0.4, -0.2) is 18.5 Å². The summed E-state index contributed by atoms with van der Waals surface area (Å²) in [5, 5.41) is 0. The molecule has 0 aliphatic heterocycles. The van der Waals surface area contributed by atoms with Crippen LogP contribution in [0.1, 0.15) is 25.3 Å². The minimum Gasteiger partial charge on any atom is -0.398 e. The van der Waals surface area contributed by atoms with Crippen LogP contribution in [0, 0.1) is 5.82 Å². The maximum Gasteiger partial charge on any atom is 0.125 e. The van der Waals surface area contributed by atoms with Crippen molar-refractivity contribution in [2.24, 2.45) is 0 Å². The highest BCUT2D eigenvalue weighted by atomic mass is 19.1. The monoisotopic (exact) mass is 210 g/mol. The van der Waals surface area contributed by atoms with E-state index in [1.807, 2.05) is 0 Å². The van der Waals surface area contributed by atoms with Crippen LogP contribution >= 0.6 is 0 Å². The molecule has 2 N–H and O–H groups in total. The van der Waals surface area contributed by atoms with Crippen molar-refractivity contribution < 1.29 is 4.39 Å². The Balaban J connectivity index is 2.56. The van der Waals surface area contributed by atoms with E-state index in [0.717, 1.165) is 18.7 Å². The van der Waals surface area contributed by atoms with Gasteiger partial charge in [0.1, 0.15) is 5.82 Å². The van der Waals surface area contributed by atoms with E-state index in [-0.39, 0.29) is 5.82 Å². The average molecular weight is 210 g/mol. The molecule has 0 unspecified atom stereocenters. The van der Waals surface area contributed by atoms with Crippen molar-refractivity contribution in [2.45, 2.75) is 26.3 Å². The van der Waals surface area contributed by atoms with E-state index in [2.05, 4.69) is 18.9 Å². The summed E-state index contributed by atoms with van der Waals surface area (Å²) in [6, 6.07) is 4.59. The molecule has 0 aliphatic carbocycles. The summed E-state index contributed by atoms with van der Waals surface area (Å²) < 4.78 is 12.8. The van der Waals surface area contributed by atoms with Gasteiger partial charge in [-0.1, -0.05) is 19.4 Å². The smallest absolute Gasteiger partial charge is 0.125 e. The molecule has 3 heteroatoms. The fourth-order valence-electron chi connectivity index (χ4n) is 1.51. The lowest BCUT2D eigenvalue weighted by Gasteiger charge is -2.17. The molecule has 1 rings (SSSR count). The Morgan fingerprint density at radius 3 is 2.73 bits per heavy atom. The second kappa shape index (κ2) is 5.71. The Kier molecular flexibility index (Phi) is 4.56. The third kappa shape index (κ3) is 3.88. The fraction of sp³-hybridized carbons (Fsp3) is 0.500. The zero-order valence-electron chi connectivity index (χ0n) is 9.46. The first-order chi connectivity index (χ1) is 7.13. The van der Waals surface area contributed by atoms with Crippen molar-refractivity contribution in [1.29, 1.82) is 0 Å². The third-order valence-electron chi connectivity index (χ3n) is 2.44. The van der Waals surface area contributed by atoms with Crippen molar-refractivity contribution >= 4 is 5.69 Å². The predicted octanol–water partition coefficient (Wildman–Crippen LogP) is 2.64. The first kappa shape index (κ1) is 12.0. The number of nitrogens with zero attached hydrogens (tertiary/aromatic N) is 1. The van der Waals surface area contributed by atoms with E-state index in [9.17, 15) is 4.39 Å². The van der Waals surface area contributed by atoms with Gasteiger partial charge in [0.25, 0.3) is 0 Å². The van der Waals surface area contributed by atoms with Crippen LogP contribution in [0.2, 0.25) is 0 Å². The molecule has 0 fully saturated rings. The van der Waals surface area contributed by atoms with Gasteiger partial charge in [0, 0.05) is 12.2 Å². The number of nitrogens with two attached hydrogens (primary N) is 1. The minimum absolute atomic E-state index is 0.271. The van der Waals surface area contributed by atoms with Crippen LogP contribution in [0.15, 0.2) is 18.2 Å². The molecular formula is C12H19FN2. The number of anilines is 1. The first-order valence-corrected chi connectivity index (χ1v) is 5.36. The second-order valence-electron chi connectivity index (χ2n) is 3.93. The van der Waals surface area contributed by atoms with Gasteiger partial charge in [0.15, 0.2) is 0 Å². The summed E-state index contributed by atoms with van der Waals surface area (Å²) in [5.41, 5.74) is 7.27. The largest absolute Gasteiger partial charge is 0.398 e. The van der Waals surface area contributed by atoms with Crippen molar-refractivity contribution in [3.8, 4) is 0 Å². The normalized spacial score (nSPS) is 10.9. The maximum atomic E-state index is 12.8. The summed E-state index contributed by atoms with van der Waals surface area (Å²) in [5.74, 6) is -0.271. The molecule has 0 spiro atoms. The van der Waals surface area contributed by atoms with Crippen LogP contribution in [0.4, 0.5) is 10.1 Å². The molecule has 0 aliphatic rings. The molecule has 0 amide bonds. The highest BCUT2D eigenvalue weighted by molar-refractivity contribution is 5.46. The van der Waals surface area contributed by atoms with Crippen LogP contribution < -0.4 is 5.73 Å². The lowest BCUT2D eigenvalue weighted by atomic mass is 10.1. The Morgan fingerprint density at radius 2 is 2.13 bits per heavy atom. The average Bonchev–Trinajstić information content (AvgIpc) is 2.19. The lowest BCUT2D eigenvalue weighted by Crippen LogP contribution is -2.19. The SMILES string of the molecule is CCCCN(C)Cc1ccc(F)cc1N. The molecule has 0 saturated carbocycles. The molecule has 0 atom stereocenters. The molecule has 0 radical (unpaired) electrons. The van der Waals surface area contributed by atoms with E-state index in [1.165, 1.54) is 25.0 Å². The number of benzene rings is 1. The van der Waals surface area contributed by atoms with Gasteiger partial charge in [-0.05, 0) is 37.7 Å². The van der Waals surface area contributed by atoms with Crippen LogP contribution in [-0.2, 0) is 6.54 Å². The van der Waals surface area contributed by atoms with Crippen LogP contribution in [0.5, 0.6) is 0 Å². The summed E-state index contributed by atoms with van der Waals surface area (Å²) >= 11 is 0. The highest BCUT2D eigenvalue weighted by Gasteiger charge is 2.04. The summed E-state index contributed by atoms with van der Waals surface area (Å²) in [4.78, 5) is 2.20. The van der Waals surface area contributed by atoms with Gasteiger partial charge in [-0.2, -0.15) is 0 Å². The highest BCUT2D eigenvalue weighted by Crippen LogP contribution is 2.15. The molecule has 84 valence electrons. The van der Waals surface area contributed by atoms with Gasteiger partial charge in [-0.3, -0.25) is 0 Å². The number of rotatable bonds is 5. The summed E-state index contributed by atoms with van der Waals surface area (Å²) in [7, 11) is 2.05. The van der Waals surface area contributed by atoms with Gasteiger partial charge < -0.3 is 10.6 Å². The van der Waals surface area contributed by atoms with Gasteiger partial charge >= 0.3 is 0 Å². The number of nitrogen functional groups attached to an aromatic ring is 1. The van der Waals surface area contributed by atoms with Crippen molar-refractivity contribution in [1.82, 2.24) is 4.90 Å². The quantitative estimate of drug-likeness (QED) is 0.757. The van der Waals surface area contributed by atoms with Crippen LogP contribution in [0.25, 0.3) is 0 Å². The number of unbranched alkanes of at least 4 members (excludes halogenated alkanes) is 1. The van der Waals surface area contributed by atoms with E-state index in [4.69, 9.17) is 5.73 Å². The number of hydrogen-bond donors (Lipinski definition) is 1. The Hall–Kier alpha value is -1.09. The van der Waals surface area contributed by atoms with Gasteiger partial charge in [0.05, 0.1) is 0 Å². The van der Waals surface area contributed by atoms with Gasteiger partial charge in [0.2, 0.25) is 0 Å². The molecular weight excluding hydrogens is 191 g/mol. The standard InChI is InChI=1S/C12H19FN2/c1-3-4-7-15(2)9-10-5-6-11(13)8-12(10)14/h5-6,8H,3-4,7,9,14H2,1-2H3. The molecule has 0 aromatic heterocycles. The Morgan fingerprint density at radius 1 is 1.40 bits per heavy atom. The number of halogens is 1. The minimum atomic E-state index is -0.271. The zero-order chi connectivity index (χ0) is 11.3. The lowest BCUT2D eigenvalue weighted by molar-refractivity contribution is 0.321. The molecule has 0 bridgehead atoms. The van der Waals surface area contributed by atoms with E-state index in [1.54, 1.807) is 6.07 Å². The Bertz CT molecular complexity index is 312. The fourth-order valence-corrected chi connectivity index (χ4v) is 1.51. The molecule has 2 nitrogen and oxygen atoms in total. The molecule has 1 aromatic carbocycles. The second-order valence-corrected chi connectivity index (χ2v) is 3.93. The van der Waals surface area contributed by atoms with E-state index >= 15 is 0 Å². The summed E-state index contributed by atoms with van der Waals surface area (Å²) in [6.07, 6.45) is 2.36. The van der Waals surface area contributed by atoms with Gasteiger partial charge in [-0.25, -0.2) is 4.39 Å². The topological polar surface area (TPSA) is 29.3 Å². The Labute approximate surface area is 90.9 Å². The molecule has 15 heavy (non-hydrogen) atoms. The number of hydrogen-bond acceptors (Lipinski definition) is 2. The van der Waals surface area contributed by atoms with Crippen LogP contribution in [0.3, 0.4) is 0 Å². The molecule has 0 saturated heterocycles. The van der Waals surface area contributed by atoms with Crippen molar-refractivity contribution in [2.75, 3.05) is 19.3 Å². The third-order valence-corrected chi connectivity index (χ3v) is 2.44. The summed E-state index contributed by atoms with van der Waals surface area (Å²) in [6.45, 7) is 4.00. The maximum absolute atomic E-state index is 12.8. The first-order valence-electron chi connectivity index (χ1n) is 5.36. The molecule has 1 aromatic rings. The van der Waals surface area contributed by atoms with Crippen molar-refractivity contribution in [3.63, 3.8) is 0 Å².